The zero-order chi connectivity index (χ0) is 19.3. The van der Waals surface area contributed by atoms with Gasteiger partial charge in [0.05, 0.1) is 19.8 Å². The van der Waals surface area contributed by atoms with Gasteiger partial charge in [0, 0.05) is 11.4 Å². The summed E-state index contributed by atoms with van der Waals surface area (Å²) in [6, 6.07) is 2.26. The highest BCUT2D eigenvalue weighted by molar-refractivity contribution is 6.32. The highest BCUT2D eigenvalue weighted by Crippen LogP contribution is 2.25. The Morgan fingerprint density at radius 2 is 2.12 bits per heavy atom. The highest BCUT2D eigenvalue weighted by Gasteiger charge is 2.21. The van der Waals surface area contributed by atoms with E-state index in [4.69, 9.17) is 27.9 Å². The van der Waals surface area contributed by atoms with Gasteiger partial charge in [-0.05, 0) is 41.5 Å². The Balaban J connectivity index is 2.35. The first-order valence-electron chi connectivity index (χ1n) is 7.76. The lowest BCUT2D eigenvalue weighted by Gasteiger charge is -2.12. The molecule has 0 aliphatic carbocycles. The van der Waals surface area contributed by atoms with E-state index in [0.29, 0.717) is 5.56 Å². The van der Waals surface area contributed by atoms with Crippen LogP contribution in [0.1, 0.15) is 18.9 Å². The number of aryl methyl sites for hydroxylation is 1. The molecule has 0 saturated carbocycles. The van der Waals surface area contributed by atoms with Gasteiger partial charge < -0.3 is 4.74 Å². The lowest BCUT2D eigenvalue weighted by atomic mass is 10.1. The molecule has 0 radical (unpaired) electrons. The lowest BCUT2D eigenvalue weighted by molar-refractivity contribution is -0.142. The van der Waals surface area contributed by atoms with Gasteiger partial charge in [0.2, 0.25) is 0 Å². The van der Waals surface area contributed by atoms with E-state index in [9.17, 15) is 18.4 Å². The van der Waals surface area contributed by atoms with Gasteiger partial charge in [-0.15, -0.1) is 11.6 Å². The molecule has 1 heterocycles. The average Bonchev–Trinajstić information content (AvgIpc) is 2.96. The molecule has 0 saturated heterocycles. The molecular formula is C15H16Cl2F2N4O3. The number of esters is 1. The average molecular weight is 409 g/mol. The maximum Gasteiger partial charge on any atom is 0.368 e. The minimum Gasteiger partial charge on any atom is -0.465 e. The predicted molar refractivity (Wildman–Crippen MR) is 91.2 cm³/mol. The van der Waals surface area contributed by atoms with Crippen molar-refractivity contribution in [1.82, 2.24) is 19.8 Å². The third-order valence-corrected chi connectivity index (χ3v) is 4.11. The fraction of sp³-hybridized carbons (Fsp3) is 0.467. The Labute approximate surface area is 157 Å². The van der Waals surface area contributed by atoms with Crippen molar-refractivity contribution in [1.29, 1.82) is 0 Å². The second-order valence-electron chi connectivity index (χ2n) is 5.26. The van der Waals surface area contributed by atoms with E-state index < -0.39 is 29.5 Å². The van der Waals surface area contributed by atoms with Crippen LogP contribution in [0.15, 0.2) is 16.9 Å². The van der Waals surface area contributed by atoms with Crippen LogP contribution < -0.4 is 5.69 Å². The van der Waals surface area contributed by atoms with E-state index in [0.717, 1.165) is 15.4 Å². The molecule has 7 nitrogen and oxygen atoms in total. The number of benzene rings is 1. The molecule has 0 spiro atoms. The van der Waals surface area contributed by atoms with Gasteiger partial charge in [-0.2, -0.15) is 9.36 Å². The number of tetrazole rings is 1. The first-order chi connectivity index (χ1) is 12.4. The molecule has 2 aromatic rings. The van der Waals surface area contributed by atoms with Crippen molar-refractivity contribution in [3.63, 3.8) is 0 Å². The Bertz CT molecular complexity index is 841. The summed E-state index contributed by atoms with van der Waals surface area (Å²) in [4.78, 5) is 23.9. The van der Waals surface area contributed by atoms with Crippen molar-refractivity contribution in [2.24, 2.45) is 0 Å². The molecule has 2 rings (SSSR count). The summed E-state index contributed by atoms with van der Waals surface area (Å²) in [6.45, 7) is 1.21. The van der Waals surface area contributed by atoms with Gasteiger partial charge in [0.25, 0.3) is 0 Å². The third kappa shape index (κ3) is 4.59. The number of halogens is 4. The summed E-state index contributed by atoms with van der Waals surface area (Å²) in [7, 11) is 0. The van der Waals surface area contributed by atoms with E-state index in [1.807, 2.05) is 0 Å². The Morgan fingerprint density at radius 3 is 2.77 bits per heavy atom. The fourth-order valence-corrected chi connectivity index (χ4v) is 2.64. The van der Waals surface area contributed by atoms with Crippen LogP contribution in [0, 0.1) is 5.82 Å². The SMILES string of the molecule is CCOC(=O)C(Cl)Cc1cc(-n2nnn(CCCF)c2=O)c(F)cc1Cl. The monoisotopic (exact) mass is 408 g/mol. The molecule has 0 fully saturated rings. The summed E-state index contributed by atoms with van der Waals surface area (Å²) in [5, 5.41) is 6.20. The number of alkyl halides is 2. The normalized spacial score (nSPS) is 12.2. The van der Waals surface area contributed by atoms with Crippen LogP contribution in [0.2, 0.25) is 5.02 Å². The molecule has 0 N–H and O–H groups in total. The number of carbonyl (C=O) groups is 1. The molecular weight excluding hydrogens is 393 g/mol. The van der Waals surface area contributed by atoms with Gasteiger partial charge in [-0.25, -0.2) is 9.18 Å². The topological polar surface area (TPSA) is 79.0 Å². The van der Waals surface area contributed by atoms with Crippen LogP contribution in [0.4, 0.5) is 8.78 Å². The zero-order valence-corrected chi connectivity index (χ0v) is 15.3. The summed E-state index contributed by atoms with van der Waals surface area (Å²) >= 11 is 12.0. The summed E-state index contributed by atoms with van der Waals surface area (Å²) in [5.41, 5.74) is -0.589. The quantitative estimate of drug-likeness (QED) is 0.494. The Hall–Kier alpha value is -2.00. The fourth-order valence-electron chi connectivity index (χ4n) is 2.18. The van der Waals surface area contributed by atoms with E-state index in [-0.39, 0.29) is 36.7 Å². The van der Waals surface area contributed by atoms with E-state index in [1.165, 1.54) is 6.07 Å². The van der Waals surface area contributed by atoms with Gasteiger partial charge in [-0.3, -0.25) is 9.18 Å². The molecule has 26 heavy (non-hydrogen) atoms. The third-order valence-electron chi connectivity index (χ3n) is 3.43. The van der Waals surface area contributed by atoms with Crippen molar-refractivity contribution in [3.05, 3.63) is 39.0 Å². The van der Waals surface area contributed by atoms with Gasteiger partial charge in [0.1, 0.15) is 11.1 Å². The zero-order valence-electron chi connectivity index (χ0n) is 13.8. The van der Waals surface area contributed by atoms with Crippen LogP contribution in [-0.4, -0.2) is 44.4 Å². The number of hydrogen-bond donors (Lipinski definition) is 0. The molecule has 0 aliphatic heterocycles. The van der Waals surface area contributed by atoms with Crippen molar-refractivity contribution >= 4 is 29.2 Å². The molecule has 11 heteroatoms. The molecule has 0 aliphatic rings. The molecule has 1 atom stereocenters. The van der Waals surface area contributed by atoms with Crippen molar-refractivity contribution in [2.45, 2.75) is 31.7 Å². The van der Waals surface area contributed by atoms with Gasteiger partial charge in [0.15, 0.2) is 5.82 Å². The second-order valence-corrected chi connectivity index (χ2v) is 6.19. The number of hydrogen-bond acceptors (Lipinski definition) is 5. The maximum absolute atomic E-state index is 14.3. The van der Waals surface area contributed by atoms with E-state index in [1.54, 1.807) is 6.92 Å². The smallest absolute Gasteiger partial charge is 0.368 e. The minimum absolute atomic E-state index is 0.0179. The standard InChI is InChI=1S/C15H16Cl2F2N4O3/c1-2-26-14(24)11(17)6-9-7-13(12(19)8-10(9)16)23-15(25)22(20-21-23)5-3-4-18/h7-8,11H,2-6H2,1H3. The predicted octanol–water partition coefficient (Wildman–Crippen LogP) is 2.29. The van der Waals surface area contributed by atoms with Crippen LogP contribution in [0.3, 0.4) is 0 Å². The number of aromatic nitrogens is 4. The van der Waals surface area contributed by atoms with Crippen LogP contribution in [0.5, 0.6) is 0 Å². The first kappa shape index (κ1) is 20.3. The van der Waals surface area contributed by atoms with Crippen molar-refractivity contribution < 1.29 is 18.3 Å². The molecule has 142 valence electrons. The van der Waals surface area contributed by atoms with Gasteiger partial charge >= 0.3 is 11.7 Å². The largest absolute Gasteiger partial charge is 0.465 e. The summed E-state index contributed by atoms with van der Waals surface area (Å²) < 4.78 is 33.0. The molecule has 0 amide bonds. The molecule has 1 aromatic heterocycles. The number of rotatable bonds is 8. The summed E-state index contributed by atoms with van der Waals surface area (Å²) in [5.74, 6) is -1.44. The molecule has 1 unspecified atom stereocenters. The second kappa shape index (κ2) is 9.09. The van der Waals surface area contributed by atoms with Crippen molar-refractivity contribution in [3.8, 4) is 5.69 Å². The lowest BCUT2D eigenvalue weighted by Crippen LogP contribution is -2.25. The minimum atomic E-state index is -1.03. The number of ether oxygens (including phenoxy) is 1. The molecule has 0 bridgehead atoms. The summed E-state index contributed by atoms with van der Waals surface area (Å²) in [6.07, 6.45) is 0.0532. The number of carbonyl (C=O) groups excluding carboxylic acids is 1. The number of nitrogens with zero attached hydrogens (tertiary/aromatic N) is 4. The van der Waals surface area contributed by atoms with Crippen LogP contribution in [0.25, 0.3) is 5.69 Å². The van der Waals surface area contributed by atoms with Crippen LogP contribution in [-0.2, 0) is 22.5 Å². The first-order valence-corrected chi connectivity index (χ1v) is 8.58. The maximum atomic E-state index is 14.3. The molecule has 1 aromatic carbocycles. The van der Waals surface area contributed by atoms with Gasteiger partial charge in [-0.1, -0.05) is 11.6 Å². The van der Waals surface area contributed by atoms with E-state index >= 15 is 0 Å². The Kier molecular flexibility index (Phi) is 7.10. The highest BCUT2D eigenvalue weighted by atomic mass is 35.5. The van der Waals surface area contributed by atoms with Crippen molar-refractivity contribution in [2.75, 3.05) is 13.3 Å². The van der Waals surface area contributed by atoms with Crippen LogP contribution >= 0.6 is 23.2 Å². The Morgan fingerprint density at radius 1 is 1.38 bits per heavy atom. The van der Waals surface area contributed by atoms with E-state index in [2.05, 4.69) is 10.4 Å².